The van der Waals surface area contributed by atoms with Gasteiger partial charge in [-0.15, -0.1) is 0 Å². The van der Waals surface area contributed by atoms with E-state index in [4.69, 9.17) is 26.6 Å². The van der Waals surface area contributed by atoms with Crippen LogP contribution in [0.5, 0.6) is 0 Å². The zero-order chi connectivity index (χ0) is 24.6. The lowest BCUT2D eigenvalue weighted by Gasteiger charge is -2.08. The van der Waals surface area contributed by atoms with Gasteiger partial charge in [0.1, 0.15) is 0 Å². The van der Waals surface area contributed by atoms with Crippen molar-refractivity contribution in [3.8, 4) is 22.4 Å². The van der Waals surface area contributed by atoms with E-state index in [0.29, 0.717) is 40.3 Å². The number of aromatic nitrogens is 3. The summed E-state index contributed by atoms with van der Waals surface area (Å²) in [5, 5.41) is 21.9. The fraction of sp³-hybridized carbons (Fsp3) is 0.240. The standard InChI is InChI=1S/C25H25ClN4O4S/c26-20-13-21-24(30-25(28-21)35-15-22(32)33)29-23(20)19-7-5-18(6-8-19)17-3-1-16(2-4-17)14-27-9-11-34-12-10-31/h1-8,13,27,31H,9-12,14-15H2,(H,32,33)(H,28,29,30). The van der Waals surface area contributed by atoms with Crippen LogP contribution in [0.1, 0.15) is 5.56 Å². The van der Waals surface area contributed by atoms with Crippen LogP contribution < -0.4 is 5.32 Å². The summed E-state index contributed by atoms with van der Waals surface area (Å²) in [7, 11) is 0. The predicted molar refractivity (Wildman–Crippen MR) is 138 cm³/mol. The van der Waals surface area contributed by atoms with Crippen molar-refractivity contribution in [3.63, 3.8) is 0 Å². The molecule has 0 saturated heterocycles. The number of hydrogen-bond donors (Lipinski definition) is 4. The highest BCUT2D eigenvalue weighted by Crippen LogP contribution is 2.31. The molecule has 0 unspecified atom stereocenters. The molecule has 0 spiro atoms. The molecule has 8 nitrogen and oxygen atoms in total. The summed E-state index contributed by atoms with van der Waals surface area (Å²) in [5.74, 6) is -0.992. The molecule has 35 heavy (non-hydrogen) atoms. The number of H-pyrrole nitrogens is 1. The molecule has 182 valence electrons. The zero-order valence-corrected chi connectivity index (χ0v) is 20.4. The second-order valence-corrected chi connectivity index (χ2v) is 9.07. The minimum Gasteiger partial charge on any atom is -0.481 e. The zero-order valence-electron chi connectivity index (χ0n) is 18.8. The maximum Gasteiger partial charge on any atom is 0.313 e. The molecule has 4 N–H and O–H groups in total. The van der Waals surface area contributed by atoms with E-state index in [2.05, 4.69) is 44.5 Å². The molecule has 0 saturated carbocycles. The largest absolute Gasteiger partial charge is 0.481 e. The summed E-state index contributed by atoms with van der Waals surface area (Å²) in [6, 6.07) is 18.1. The Morgan fingerprint density at radius 2 is 1.71 bits per heavy atom. The van der Waals surface area contributed by atoms with Crippen molar-refractivity contribution in [1.29, 1.82) is 0 Å². The summed E-state index contributed by atoms with van der Waals surface area (Å²) in [4.78, 5) is 22.8. The summed E-state index contributed by atoms with van der Waals surface area (Å²) >= 11 is 7.59. The first-order chi connectivity index (χ1) is 17.0. The summed E-state index contributed by atoms with van der Waals surface area (Å²) in [6.45, 7) is 2.46. The number of nitrogens with one attached hydrogen (secondary N) is 2. The average molecular weight is 513 g/mol. The number of aliphatic hydroxyl groups excluding tert-OH is 1. The van der Waals surface area contributed by atoms with Crippen molar-refractivity contribution >= 4 is 40.5 Å². The van der Waals surface area contributed by atoms with Gasteiger partial charge in [0, 0.05) is 18.7 Å². The van der Waals surface area contributed by atoms with Crippen LogP contribution in [0.2, 0.25) is 5.02 Å². The number of benzene rings is 2. The number of ether oxygens (including phenoxy) is 1. The van der Waals surface area contributed by atoms with E-state index in [1.165, 1.54) is 5.56 Å². The van der Waals surface area contributed by atoms with Crippen LogP contribution in [-0.2, 0) is 16.1 Å². The molecule has 4 rings (SSSR count). The topological polar surface area (TPSA) is 120 Å². The summed E-state index contributed by atoms with van der Waals surface area (Å²) in [5.41, 5.74) is 6.00. The molecule has 0 aliphatic carbocycles. The van der Waals surface area contributed by atoms with E-state index in [1.54, 1.807) is 6.07 Å². The minimum absolute atomic E-state index is 0.0433. The van der Waals surface area contributed by atoms with Crippen molar-refractivity contribution in [2.45, 2.75) is 11.7 Å². The fourth-order valence-electron chi connectivity index (χ4n) is 3.48. The molecular formula is C25H25ClN4O4S. The lowest BCUT2D eigenvalue weighted by Crippen LogP contribution is -2.19. The van der Waals surface area contributed by atoms with Gasteiger partial charge in [0.15, 0.2) is 10.8 Å². The van der Waals surface area contributed by atoms with Gasteiger partial charge in [-0.3, -0.25) is 4.79 Å². The second-order valence-electron chi connectivity index (χ2n) is 7.70. The summed E-state index contributed by atoms with van der Waals surface area (Å²) in [6.07, 6.45) is 0. The number of halogens is 1. The van der Waals surface area contributed by atoms with E-state index in [-0.39, 0.29) is 12.4 Å². The van der Waals surface area contributed by atoms with Crippen LogP contribution in [0.4, 0.5) is 0 Å². The monoisotopic (exact) mass is 512 g/mol. The molecule has 2 heterocycles. The molecule has 2 aromatic carbocycles. The Bertz CT molecular complexity index is 1280. The Morgan fingerprint density at radius 3 is 2.40 bits per heavy atom. The smallest absolute Gasteiger partial charge is 0.313 e. The molecule has 0 aliphatic rings. The first-order valence-corrected chi connectivity index (χ1v) is 12.4. The second kappa shape index (κ2) is 12.1. The normalized spacial score (nSPS) is 11.3. The quantitative estimate of drug-likeness (QED) is 0.164. The Balaban J connectivity index is 1.42. The number of pyridine rings is 1. The molecule has 2 aromatic heterocycles. The van der Waals surface area contributed by atoms with Gasteiger partial charge in [0.25, 0.3) is 0 Å². The number of rotatable bonds is 12. The van der Waals surface area contributed by atoms with Gasteiger partial charge >= 0.3 is 5.97 Å². The fourth-order valence-corrected chi connectivity index (χ4v) is 4.33. The van der Waals surface area contributed by atoms with Crippen molar-refractivity contribution in [3.05, 3.63) is 65.2 Å². The maximum absolute atomic E-state index is 10.8. The van der Waals surface area contributed by atoms with E-state index in [0.717, 1.165) is 41.5 Å². The van der Waals surface area contributed by atoms with E-state index in [9.17, 15) is 4.79 Å². The number of thioether (sulfide) groups is 1. The number of carboxylic acids is 1. The van der Waals surface area contributed by atoms with Gasteiger partial charge < -0.3 is 25.3 Å². The molecule has 10 heteroatoms. The number of aromatic amines is 1. The van der Waals surface area contributed by atoms with E-state index >= 15 is 0 Å². The number of carbonyl (C=O) groups is 1. The Labute approximate surface area is 211 Å². The van der Waals surface area contributed by atoms with Crippen LogP contribution in [-0.4, -0.2) is 63.3 Å². The van der Waals surface area contributed by atoms with Gasteiger partial charge in [-0.2, -0.15) is 0 Å². The Morgan fingerprint density at radius 1 is 1.03 bits per heavy atom. The van der Waals surface area contributed by atoms with Gasteiger partial charge in [-0.05, 0) is 22.8 Å². The highest BCUT2D eigenvalue weighted by atomic mass is 35.5. The van der Waals surface area contributed by atoms with Crippen molar-refractivity contribution < 1.29 is 19.7 Å². The third kappa shape index (κ3) is 6.81. The van der Waals surface area contributed by atoms with Crippen molar-refractivity contribution in [1.82, 2.24) is 20.3 Å². The molecule has 0 radical (unpaired) electrons. The van der Waals surface area contributed by atoms with Gasteiger partial charge in [-0.1, -0.05) is 71.9 Å². The number of aliphatic carboxylic acids is 1. The van der Waals surface area contributed by atoms with Crippen molar-refractivity contribution in [2.24, 2.45) is 0 Å². The van der Waals surface area contributed by atoms with Gasteiger partial charge in [-0.25, -0.2) is 9.97 Å². The Hall–Kier alpha value is -2.95. The van der Waals surface area contributed by atoms with E-state index < -0.39 is 5.97 Å². The lowest BCUT2D eigenvalue weighted by atomic mass is 10.0. The molecule has 0 amide bonds. The number of fused-ring (bicyclic) bond motifs is 1. The Kier molecular flexibility index (Phi) is 8.73. The predicted octanol–water partition coefficient (Wildman–Crippen LogP) is 4.22. The first-order valence-electron chi connectivity index (χ1n) is 11.0. The van der Waals surface area contributed by atoms with Crippen LogP contribution >= 0.6 is 23.4 Å². The van der Waals surface area contributed by atoms with E-state index in [1.807, 2.05) is 24.3 Å². The van der Waals surface area contributed by atoms with Crippen molar-refractivity contribution in [2.75, 3.05) is 32.1 Å². The third-order valence-electron chi connectivity index (χ3n) is 5.17. The number of hydrogen-bond acceptors (Lipinski definition) is 7. The molecule has 0 fully saturated rings. The molecule has 0 atom stereocenters. The number of nitrogens with zero attached hydrogens (tertiary/aromatic N) is 2. The van der Waals surface area contributed by atoms with Crippen LogP contribution in [0.25, 0.3) is 33.5 Å². The third-order valence-corrected chi connectivity index (χ3v) is 6.32. The van der Waals surface area contributed by atoms with Crippen LogP contribution in [0.15, 0.2) is 59.8 Å². The maximum atomic E-state index is 10.8. The van der Waals surface area contributed by atoms with Gasteiger partial charge in [0.2, 0.25) is 0 Å². The number of carboxylic acid groups (broad SMARTS) is 1. The van der Waals surface area contributed by atoms with Crippen LogP contribution in [0.3, 0.4) is 0 Å². The number of imidazole rings is 1. The SMILES string of the molecule is O=C(O)CSc1nc2nc(-c3ccc(-c4ccc(CNCCOCCO)cc4)cc3)c(Cl)cc2[nH]1. The van der Waals surface area contributed by atoms with Gasteiger partial charge in [0.05, 0.1) is 41.8 Å². The highest BCUT2D eigenvalue weighted by molar-refractivity contribution is 7.99. The summed E-state index contributed by atoms with van der Waals surface area (Å²) < 4.78 is 5.24. The molecule has 0 bridgehead atoms. The molecule has 4 aromatic rings. The van der Waals surface area contributed by atoms with Crippen LogP contribution in [0, 0.1) is 0 Å². The number of aliphatic hydroxyl groups is 1. The molecular weight excluding hydrogens is 488 g/mol. The first kappa shape index (κ1) is 25.2. The average Bonchev–Trinajstić information content (AvgIpc) is 3.26. The minimum atomic E-state index is -0.908. The lowest BCUT2D eigenvalue weighted by molar-refractivity contribution is -0.133. The molecule has 0 aliphatic heterocycles. The highest BCUT2D eigenvalue weighted by Gasteiger charge is 2.13.